The van der Waals surface area contributed by atoms with E-state index >= 15 is 0 Å². The molecule has 2 N–H and O–H groups in total. The first-order chi connectivity index (χ1) is 12.0. The molecule has 1 aromatic carbocycles. The lowest BCUT2D eigenvalue weighted by Crippen LogP contribution is -2.38. The lowest BCUT2D eigenvalue weighted by Gasteiger charge is -2.34. The first-order valence-corrected chi connectivity index (χ1v) is 8.80. The summed E-state index contributed by atoms with van der Waals surface area (Å²) in [5.74, 6) is -0.250. The average Bonchev–Trinajstić information content (AvgIpc) is 2.61. The molecule has 1 fully saturated rings. The Balaban J connectivity index is 1.91. The smallest absolute Gasteiger partial charge is 0.220 e. The molecular formula is C19H23ClN4O. The number of halogens is 1. The number of rotatable bonds is 4. The number of carbonyl (C=O) groups excluding carboxylic acids is 1. The van der Waals surface area contributed by atoms with Crippen molar-refractivity contribution < 1.29 is 4.79 Å². The highest BCUT2D eigenvalue weighted by Gasteiger charge is 2.26. The van der Waals surface area contributed by atoms with Gasteiger partial charge in [-0.15, -0.1) is 0 Å². The molecule has 0 unspecified atom stereocenters. The van der Waals surface area contributed by atoms with E-state index in [0.717, 1.165) is 48.4 Å². The summed E-state index contributed by atoms with van der Waals surface area (Å²) in [6.45, 7) is 1.53. The minimum atomic E-state index is -0.208. The molecule has 0 radical (unpaired) electrons. The molecule has 1 saturated heterocycles. The molecule has 1 aliphatic rings. The summed E-state index contributed by atoms with van der Waals surface area (Å²) in [7, 11) is 4.04. The van der Waals surface area contributed by atoms with Crippen LogP contribution < -0.4 is 15.5 Å². The summed E-state index contributed by atoms with van der Waals surface area (Å²) in [5, 5.41) is 0.631. The molecule has 132 valence electrons. The molecule has 2 aromatic rings. The predicted octanol–water partition coefficient (Wildman–Crippen LogP) is 3.17. The van der Waals surface area contributed by atoms with Gasteiger partial charge in [0.1, 0.15) is 0 Å². The summed E-state index contributed by atoms with van der Waals surface area (Å²) < 4.78 is 0. The monoisotopic (exact) mass is 358 g/mol. The van der Waals surface area contributed by atoms with E-state index < -0.39 is 0 Å². The number of hydrogen-bond donors (Lipinski definition) is 1. The molecule has 1 aromatic heterocycles. The number of amides is 1. The van der Waals surface area contributed by atoms with Crippen molar-refractivity contribution in [1.82, 2.24) is 4.98 Å². The van der Waals surface area contributed by atoms with Crippen LogP contribution in [0.25, 0.3) is 11.1 Å². The molecule has 0 bridgehead atoms. The van der Waals surface area contributed by atoms with E-state index in [0.29, 0.717) is 5.02 Å². The third-order valence-electron chi connectivity index (χ3n) is 4.78. The normalized spacial score (nSPS) is 15.2. The molecule has 3 rings (SSSR count). The Kier molecular flexibility index (Phi) is 5.13. The van der Waals surface area contributed by atoms with Gasteiger partial charge in [-0.1, -0.05) is 23.7 Å². The second-order valence-corrected chi connectivity index (χ2v) is 7.03. The van der Waals surface area contributed by atoms with E-state index in [9.17, 15) is 4.79 Å². The van der Waals surface area contributed by atoms with Crippen molar-refractivity contribution in [1.29, 1.82) is 0 Å². The zero-order chi connectivity index (χ0) is 18.0. The molecular weight excluding hydrogens is 336 g/mol. The van der Waals surface area contributed by atoms with Crippen molar-refractivity contribution in [3.05, 3.63) is 41.7 Å². The largest absolute Gasteiger partial charge is 0.378 e. The van der Waals surface area contributed by atoms with Crippen molar-refractivity contribution in [2.75, 3.05) is 37.0 Å². The molecule has 6 heteroatoms. The van der Waals surface area contributed by atoms with Gasteiger partial charge in [0.2, 0.25) is 5.91 Å². The van der Waals surface area contributed by atoms with Gasteiger partial charge in [-0.2, -0.15) is 0 Å². The first kappa shape index (κ1) is 17.5. The SMILES string of the molecule is CN(C)c1ccc(-c2cncc(Cl)c2N2CCC(C(N)=O)CC2)cc1. The number of benzene rings is 1. The van der Waals surface area contributed by atoms with Crippen LogP contribution in [-0.2, 0) is 4.79 Å². The Morgan fingerprint density at radius 3 is 2.40 bits per heavy atom. The predicted molar refractivity (Wildman–Crippen MR) is 103 cm³/mol. The third kappa shape index (κ3) is 3.71. The van der Waals surface area contributed by atoms with E-state index in [1.165, 1.54) is 0 Å². The van der Waals surface area contributed by atoms with Gasteiger partial charge in [0.25, 0.3) is 0 Å². The summed E-state index contributed by atoms with van der Waals surface area (Å²) >= 11 is 6.49. The van der Waals surface area contributed by atoms with Crippen LogP contribution >= 0.6 is 11.6 Å². The van der Waals surface area contributed by atoms with Crippen LogP contribution in [0.2, 0.25) is 5.02 Å². The highest BCUT2D eigenvalue weighted by Crippen LogP contribution is 2.38. The number of nitrogens with two attached hydrogens (primary N) is 1. The van der Waals surface area contributed by atoms with Gasteiger partial charge in [-0.05, 0) is 30.5 Å². The lowest BCUT2D eigenvalue weighted by molar-refractivity contribution is -0.122. The summed E-state index contributed by atoms with van der Waals surface area (Å²) in [5.41, 5.74) is 9.65. The Labute approximate surface area is 153 Å². The van der Waals surface area contributed by atoms with Crippen molar-refractivity contribution in [3.8, 4) is 11.1 Å². The number of nitrogens with zero attached hydrogens (tertiary/aromatic N) is 3. The van der Waals surface area contributed by atoms with Crippen LogP contribution in [0.15, 0.2) is 36.7 Å². The van der Waals surface area contributed by atoms with Gasteiger partial charge in [0.15, 0.2) is 0 Å². The van der Waals surface area contributed by atoms with Gasteiger partial charge in [-0.3, -0.25) is 9.78 Å². The molecule has 1 aliphatic heterocycles. The maximum absolute atomic E-state index is 11.4. The number of aromatic nitrogens is 1. The molecule has 0 aliphatic carbocycles. The standard InChI is InChI=1S/C19H23ClN4O/c1-23(2)15-5-3-13(4-6-15)16-11-22-12-17(20)18(16)24-9-7-14(8-10-24)19(21)25/h3-6,11-12,14H,7-10H2,1-2H3,(H2,21,25). The van der Waals surface area contributed by atoms with Gasteiger partial charge >= 0.3 is 0 Å². The number of piperidine rings is 1. The van der Waals surface area contributed by atoms with E-state index in [1.54, 1.807) is 6.20 Å². The Morgan fingerprint density at radius 1 is 1.20 bits per heavy atom. The van der Waals surface area contributed by atoms with Crippen molar-refractivity contribution in [2.45, 2.75) is 12.8 Å². The number of carbonyl (C=O) groups is 1. The number of anilines is 2. The molecule has 25 heavy (non-hydrogen) atoms. The number of hydrogen-bond acceptors (Lipinski definition) is 4. The molecule has 1 amide bonds. The second kappa shape index (κ2) is 7.31. The van der Waals surface area contributed by atoms with Gasteiger partial charge in [-0.25, -0.2) is 0 Å². The maximum Gasteiger partial charge on any atom is 0.220 e. The minimum Gasteiger partial charge on any atom is -0.378 e. The zero-order valence-corrected chi connectivity index (χ0v) is 15.3. The minimum absolute atomic E-state index is 0.0420. The van der Waals surface area contributed by atoms with E-state index in [1.807, 2.05) is 20.3 Å². The van der Waals surface area contributed by atoms with Crippen LogP contribution in [0.3, 0.4) is 0 Å². The summed E-state index contributed by atoms with van der Waals surface area (Å²) in [6.07, 6.45) is 5.04. The van der Waals surface area contributed by atoms with E-state index in [2.05, 4.69) is 39.0 Å². The lowest BCUT2D eigenvalue weighted by atomic mass is 9.95. The topological polar surface area (TPSA) is 62.5 Å². The first-order valence-electron chi connectivity index (χ1n) is 8.43. The Bertz CT molecular complexity index is 753. The van der Waals surface area contributed by atoms with Crippen LogP contribution in [0.1, 0.15) is 12.8 Å². The Morgan fingerprint density at radius 2 is 1.84 bits per heavy atom. The van der Waals surface area contributed by atoms with Gasteiger partial charge in [0, 0.05) is 56.7 Å². The van der Waals surface area contributed by atoms with E-state index in [-0.39, 0.29) is 11.8 Å². The molecule has 0 saturated carbocycles. The fourth-order valence-electron chi connectivity index (χ4n) is 3.29. The number of primary amides is 1. The highest BCUT2D eigenvalue weighted by molar-refractivity contribution is 6.33. The van der Waals surface area contributed by atoms with Crippen LogP contribution in [0, 0.1) is 5.92 Å². The maximum atomic E-state index is 11.4. The van der Waals surface area contributed by atoms with Crippen molar-refractivity contribution >= 4 is 28.9 Å². The summed E-state index contributed by atoms with van der Waals surface area (Å²) in [4.78, 5) is 20.0. The second-order valence-electron chi connectivity index (χ2n) is 6.62. The van der Waals surface area contributed by atoms with Crippen molar-refractivity contribution in [2.24, 2.45) is 11.7 Å². The molecule has 0 spiro atoms. The zero-order valence-electron chi connectivity index (χ0n) is 14.6. The van der Waals surface area contributed by atoms with Gasteiger partial charge in [0.05, 0.1) is 10.7 Å². The number of pyridine rings is 1. The fraction of sp³-hybridized carbons (Fsp3) is 0.368. The highest BCUT2D eigenvalue weighted by atomic mass is 35.5. The van der Waals surface area contributed by atoms with Crippen LogP contribution in [-0.4, -0.2) is 38.1 Å². The van der Waals surface area contributed by atoms with Crippen molar-refractivity contribution in [3.63, 3.8) is 0 Å². The van der Waals surface area contributed by atoms with Crippen LogP contribution in [0.4, 0.5) is 11.4 Å². The van der Waals surface area contributed by atoms with Gasteiger partial charge < -0.3 is 15.5 Å². The fourth-order valence-corrected chi connectivity index (χ4v) is 3.57. The third-order valence-corrected chi connectivity index (χ3v) is 5.06. The average molecular weight is 359 g/mol. The van der Waals surface area contributed by atoms with E-state index in [4.69, 9.17) is 17.3 Å². The molecule has 0 atom stereocenters. The Hall–Kier alpha value is -2.27. The molecule has 5 nitrogen and oxygen atoms in total. The van der Waals surface area contributed by atoms with Crippen LogP contribution in [0.5, 0.6) is 0 Å². The quantitative estimate of drug-likeness (QED) is 0.911. The summed E-state index contributed by atoms with van der Waals surface area (Å²) in [6, 6.07) is 8.34. The molecule has 2 heterocycles.